The highest BCUT2D eigenvalue weighted by atomic mass is 35.5. The van der Waals surface area contributed by atoms with E-state index < -0.39 is 0 Å². The zero-order chi connectivity index (χ0) is 14.8. The third-order valence-electron chi connectivity index (χ3n) is 2.77. The summed E-state index contributed by atoms with van der Waals surface area (Å²) in [7, 11) is 0. The van der Waals surface area contributed by atoms with Crippen molar-refractivity contribution in [1.29, 1.82) is 0 Å². The number of hydrogen-bond donors (Lipinski definition) is 4. The summed E-state index contributed by atoms with van der Waals surface area (Å²) in [6.45, 7) is 1.81. The van der Waals surface area contributed by atoms with E-state index >= 15 is 0 Å². The fourth-order valence-corrected chi connectivity index (χ4v) is 2.61. The summed E-state index contributed by atoms with van der Waals surface area (Å²) in [4.78, 5) is 15.6. The fraction of sp³-hybridized carbons (Fsp3) is 0.0909. The second-order valence-corrected chi connectivity index (χ2v) is 5.43. The molecule has 0 unspecified atom stereocenters. The van der Waals surface area contributed by atoms with Crippen LogP contribution >= 0.6 is 23.5 Å². The van der Waals surface area contributed by atoms with Crippen molar-refractivity contribution in [1.82, 2.24) is 30.9 Å². The van der Waals surface area contributed by atoms with Crippen molar-refractivity contribution in [3.8, 4) is 11.4 Å². The lowest BCUT2D eigenvalue weighted by Crippen LogP contribution is -2.16. The summed E-state index contributed by atoms with van der Waals surface area (Å²) < 4.78 is 0. The highest BCUT2D eigenvalue weighted by Crippen LogP contribution is 2.29. The molecule has 10 heteroatoms. The number of carbonyl (C=O) groups is 1. The van der Waals surface area contributed by atoms with Crippen LogP contribution in [0.3, 0.4) is 0 Å². The van der Waals surface area contributed by atoms with Crippen molar-refractivity contribution in [2.45, 2.75) is 6.92 Å². The quantitative estimate of drug-likeness (QED) is 0.633. The molecule has 8 nitrogen and oxygen atoms in total. The summed E-state index contributed by atoms with van der Waals surface area (Å²) >= 11 is 7.21. The van der Waals surface area contributed by atoms with Gasteiger partial charge in [-0.3, -0.25) is 4.79 Å². The molecule has 0 saturated carbocycles. The molecule has 3 rings (SSSR count). The Hall–Kier alpha value is -2.10. The predicted molar refractivity (Wildman–Crippen MR) is 79.8 cm³/mol. The molecule has 1 aromatic carbocycles. The first-order chi connectivity index (χ1) is 10.1. The number of aromatic amines is 1. The third kappa shape index (κ3) is 2.84. The molecule has 21 heavy (non-hydrogen) atoms. The summed E-state index contributed by atoms with van der Waals surface area (Å²) in [5.41, 5.74) is 4.79. The summed E-state index contributed by atoms with van der Waals surface area (Å²) in [5.74, 6) is 0.203. The van der Waals surface area contributed by atoms with Gasteiger partial charge in [0.05, 0.1) is 5.69 Å². The predicted octanol–water partition coefficient (Wildman–Crippen LogP) is 1.45. The van der Waals surface area contributed by atoms with Gasteiger partial charge >= 0.3 is 0 Å². The van der Waals surface area contributed by atoms with Gasteiger partial charge in [-0.2, -0.15) is 4.83 Å². The summed E-state index contributed by atoms with van der Waals surface area (Å²) in [6, 6.07) is 5.08. The van der Waals surface area contributed by atoms with Crippen LogP contribution in [0.4, 0.5) is 5.69 Å². The van der Waals surface area contributed by atoms with Crippen LogP contribution in [-0.2, 0) is 4.79 Å². The minimum Gasteiger partial charge on any atom is -0.321 e. The lowest BCUT2D eigenvalue weighted by atomic mass is 10.1. The number of halogens is 1. The third-order valence-corrected chi connectivity index (χ3v) is 3.90. The minimum atomic E-state index is -0.244. The molecule has 0 atom stereocenters. The number of allylic oxidation sites excluding steroid dienone is 1. The van der Waals surface area contributed by atoms with Crippen molar-refractivity contribution in [3.05, 3.63) is 33.8 Å². The Morgan fingerprint density at radius 1 is 1.43 bits per heavy atom. The molecule has 0 radical (unpaired) electrons. The van der Waals surface area contributed by atoms with Crippen LogP contribution in [-0.4, -0.2) is 26.5 Å². The van der Waals surface area contributed by atoms with Gasteiger partial charge in [-0.25, -0.2) is 5.10 Å². The number of anilines is 1. The molecule has 0 saturated heterocycles. The Bertz CT molecular complexity index is 715. The topological polar surface area (TPSA) is 108 Å². The van der Waals surface area contributed by atoms with E-state index in [1.165, 1.54) is 11.9 Å². The normalized spacial score (nSPS) is 14.2. The zero-order valence-electron chi connectivity index (χ0n) is 10.8. The zero-order valence-corrected chi connectivity index (χ0v) is 12.3. The molecule has 2 aromatic rings. The fourth-order valence-electron chi connectivity index (χ4n) is 1.78. The van der Waals surface area contributed by atoms with E-state index in [1.54, 1.807) is 25.1 Å². The van der Waals surface area contributed by atoms with E-state index in [2.05, 4.69) is 36.2 Å². The lowest BCUT2D eigenvalue weighted by molar-refractivity contribution is -0.112. The monoisotopic (exact) mass is 323 g/mol. The number of amides is 1. The number of rotatable bonds is 3. The molecule has 0 fully saturated rings. The van der Waals surface area contributed by atoms with Gasteiger partial charge in [-0.1, -0.05) is 11.6 Å². The largest absolute Gasteiger partial charge is 0.321 e. The van der Waals surface area contributed by atoms with Gasteiger partial charge in [-0.15, -0.1) is 5.10 Å². The number of H-pyrrole nitrogens is 1. The minimum absolute atomic E-state index is 0.244. The number of nitrogens with zero attached hydrogens (tertiary/aromatic N) is 3. The second kappa shape index (κ2) is 5.72. The van der Waals surface area contributed by atoms with Gasteiger partial charge in [0.1, 0.15) is 4.91 Å². The van der Waals surface area contributed by atoms with Gasteiger partial charge < -0.3 is 10.7 Å². The summed E-state index contributed by atoms with van der Waals surface area (Å²) in [5, 5.41) is 16.9. The molecule has 0 aliphatic carbocycles. The first kappa shape index (κ1) is 13.9. The van der Waals surface area contributed by atoms with Crippen molar-refractivity contribution >= 4 is 35.1 Å². The van der Waals surface area contributed by atoms with E-state index in [-0.39, 0.29) is 5.91 Å². The maximum atomic E-state index is 12.3. The molecule has 4 N–H and O–H groups in total. The number of aromatic nitrogens is 4. The number of hydrazine groups is 1. The number of benzene rings is 1. The Labute approximate surface area is 128 Å². The molecule has 1 amide bonds. The van der Waals surface area contributed by atoms with Gasteiger partial charge in [0.25, 0.3) is 5.91 Å². The van der Waals surface area contributed by atoms with Gasteiger partial charge in [0, 0.05) is 16.3 Å². The van der Waals surface area contributed by atoms with Gasteiger partial charge in [-0.05, 0) is 47.5 Å². The van der Waals surface area contributed by atoms with Crippen LogP contribution in [0.2, 0.25) is 5.02 Å². The van der Waals surface area contributed by atoms with Crippen LogP contribution in [0, 0.1) is 0 Å². The molecule has 2 heterocycles. The van der Waals surface area contributed by atoms with Crippen LogP contribution in [0.5, 0.6) is 0 Å². The SMILES string of the molecule is CC1=C(C(=O)Nc2cc(Cl)ccc2-c2nnn[nH]2)SNN1. The molecule has 1 aromatic heterocycles. The highest BCUT2D eigenvalue weighted by Gasteiger charge is 2.20. The van der Waals surface area contributed by atoms with Gasteiger partial charge in [0.2, 0.25) is 0 Å². The standard InChI is InChI=1S/C11H10ClN7OS/c1-5-9(21-19-14-5)11(20)13-8-4-6(12)2-3-7(8)10-15-17-18-16-10/h2-4,14,19H,1H3,(H,13,20)(H,15,16,17,18). The van der Waals surface area contributed by atoms with Crippen LogP contribution in [0.25, 0.3) is 11.4 Å². The molecular formula is C11H10ClN7OS. The van der Waals surface area contributed by atoms with Crippen molar-refractivity contribution < 1.29 is 4.79 Å². The number of nitrogens with one attached hydrogen (secondary N) is 4. The molecule has 1 aliphatic rings. The van der Waals surface area contributed by atoms with E-state index in [0.29, 0.717) is 27.0 Å². The molecular weight excluding hydrogens is 314 g/mol. The van der Waals surface area contributed by atoms with Crippen molar-refractivity contribution in [2.24, 2.45) is 0 Å². The van der Waals surface area contributed by atoms with Crippen molar-refractivity contribution in [2.75, 3.05) is 5.32 Å². The Kier molecular flexibility index (Phi) is 3.78. The van der Waals surface area contributed by atoms with Crippen LogP contribution in [0.1, 0.15) is 6.92 Å². The van der Waals surface area contributed by atoms with E-state index in [9.17, 15) is 4.79 Å². The molecule has 0 bridgehead atoms. The first-order valence-corrected chi connectivity index (χ1v) is 7.08. The molecule has 1 aliphatic heterocycles. The van der Waals surface area contributed by atoms with E-state index in [4.69, 9.17) is 11.6 Å². The maximum absolute atomic E-state index is 12.3. The average Bonchev–Trinajstić information content (AvgIpc) is 3.10. The first-order valence-electron chi connectivity index (χ1n) is 5.89. The Morgan fingerprint density at radius 2 is 2.29 bits per heavy atom. The smallest absolute Gasteiger partial charge is 0.265 e. The Morgan fingerprint density at radius 3 is 2.95 bits per heavy atom. The number of tetrazole rings is 1. The van der Waals surface area contributed by atoms with Crippen molar-refractivity contribution in [3.63, 3.8) is 0 Å². The number of carbonyl (C=O) groups excluding carboxylic acids is 1. The second-order valence-electron chi connectivity index (χ2n) is 4.18. The van der Waals surface area contributed by atoms with Crippen LogP contribution in [0.15, 0.2) is 28.8 Å². The van der Waals surface area contributed by atoms with E-state index in [1.807, 2.05) is 0 Å². The maximum Gasteiger partial charge on any atom is 0.265 e. The average molecular weight is 324 g/mol. The lowest BCUT2D eigenvalue weighted by Gasteiger charge is -2.09. The summed E-state index contributed by atoms with van der Waals surface area (Å²) in [6.07, 6.45) is 0. The van der Waals surface area contributed by atoms with Crippen LogP contribution < -0.4 is 15.6 Å². The molecule has 108 valence electrons. The number of hydrogen-bond acceptors (Lipinski definition) is 7. The Balaban J connectivity index is 1.93. The van der Waals surface area contributed by atoms with Gasteiger partial charge in [0.15, 0.2) is 5.82 Å². The molecule has 0 spiro atoms. The highest BCUT2D eigenvalue weighted by molar-refractivity contribution is 8.02. The van der Waals surface area contributed by atoms with E-state index in [0.717, 1.165) is 5.70 Å².